The minimum Gasteiger partial charge on any atom is -0.463 e. The summed E-state index contributed by atoms with van der Waals surface area (Å²) in [7, 11) is 5.46. The minimum absolute atomic E-state index is 0.00965. The summed E-state index contributed by atoms with van der Waals surface area (Å²) in [5.74, 6) is -1.35. The van der Waals surface area contributed by atoms with Gasteiger partial charge in [-0.15, -0.1) is 0 Å². The van der Waals surface area contributed by atoms with Gasteiger partial charge in [-0.05, 0) is 78.6 Å². The molecular formula is C27H50N2O7S. The first-order chi connectivity index (χ1) is 17.3. The number of ether oxygens (including phenoxy) is 4. The van der Waals surface area contributed by atoms with Gasteiger partial charge in [-0.25, -0.2) is 0 Å². The molecule has 2 N–H and O–H groups in total. The van der Waals surface area contributed by atoms with Crippen molar-refractivity contribution >= 4 is 23.5 Å². The Morgan fingerprint density at radius 3 is 2.49 bits per heavy atom. The highest BCUT2D eigenvalue weighted by Gasteiger charge is 2.48. The number of carbonyl (C=O) groups is 2. The summed E-state index contributed by atoms with van der Waals surface area (Å²) in [6.07, 6.45) is 1.44. The minimum atomic E-state index is -0.952. The van der Waals surface area contributed by atoms with E-state index in [1.165, 1.54) is 0 Å². The van der Waals surface area contributed by atoms with Crippen LogP contribution in [0.5, 0.6) is 0 Å². The van der Waals surface area contributed by atoms with Crippen molar-refractivity contribution in [1.82, 2.24) is 10.2 Å². The van der Waals surface area contributed by atoms with Gasteiger partial charge >= 0.3 is 5.97 Å². The molecule has 0 aromatic heterocycles. The van der Waals surface area contributed by atoms with Gasteiger partial charge in [-0.2, -0.15) is 11.8 Å². The van der Waals surface area contributed by atoms with Gasteiger partial charge in [0, 0.05) is 25.1 Å². The molecule has 2 heterocycles. The number of hydrogen-bond donors (Lipinski definition) is 2. The number of nitrogens with zero attached hydrogens (tertiary/aromatic N) is 1. The van der Waals surface area contributed by atoms with E-state index in [4.69, 9.17) is 18.9 Å². The first-order valence-electron chi connectivity index (χ1n) is 13.5. The smallest absolute Gasteiger partial charge is 0.316 e. The Bertz CT molecular complexity index is 742. The number of aliphatic hydroxyl groups is 1. The van der Waals surface area contributed by atoms with Crippen LogP contribution in [-0.4, -0.2) is 110 Å². The predicted octanol–water partition coefficient (Wildman–Crippen LogP) is 2.34. The molecule has 0 aliphatic carbocycles. The van der Waals surface area contributed by atoms with Crippen LogP contribution < -0.4 is 5.32 Å². The number of esters is 1. The largest absolute Gasteiger partial charge is 0.463 e. The van der Waals surface area contributed by atoms with E-state index in [2.05, 4.69) is 18.5 Å². The number of aliphatic hydroxyl groups excluding tert-OH is 1. The van der Waals surface area contributed by atoms with E-state index in [0.29, 0.717) is 19.4 Å². The highest BCUT2D eigenvalue weighted by molar-refractivity contribution is 7.98. The molecule has 2 fully saturated rings. The van der Waals surface area contributed by atoms with Crippen molar-refractivity contribution < 1.29 is 33.6 Å². The van der Waals surface area contributed by atoms with E-state index in [9.17, 15) is 14.7 Å². The molecule has 2 aliphatic heterocycles. The molecule has 0 radical (unpaired) electrons. The highest BCUT2D eigenvalue weighted by Crippen LogP contribution is 2.36. The first-order valence-corrected chi connectivity index (χ1v) is 14.9. The van der Waals surface area contributed by atoms with Crippen LogP contribution in [0.2, 0.25) is 0 Å². The standard InChI is InChI=1S/C27H50N2O7S/c1-16-13-27(5,33-8)24(36-26-23(31)21(29(6)7)12-17(2)35-26)18(3)22(30)19(4)25(32)34-15-20(28-14-16)10-11-37-9/h16-21,23-24,26,28,31H,10-15H2,1-9H3/t16-,17?,18+,19-,20-,21?,23?,24-,26+,27-/m1/s1. The molecule has 10 heteroatoms. The molecule has 9 nitrogen and oxygen atoms in total. The van der Waals surface area contributed by atoms with Crippen molar-refractivity contribution in [2.75, 3.05) is 46.4 Å². The average Bonchev–Trinajstić information content (AvgIpc) is 2.86. The molecule has 216 valence electrons. The van der Waals surface area contributed by atoms with Crippen LogP contribution in [0.15, 0.2) is 0 Å². The number of rotatable bonds is 7. The Kier molecular flexibility index (Phi) is 12.8. The predicted molar refractivity (Wildman–Crippen MR) is 146 cm³/mol. The molecular weight excluding hydrogens is 496 g/mol. The number of methoxy groups -OCH3 is 1. The lowest BCUT2D eigenvalue weighted by atomic mass is 9.78. The molecule has 2 aliphatic rings. The van der Waals surface area contributed by atoms with E-state index in [0.717, 1.165) is 12.2 Å². The van der Waals surface area contributed by atoms with Crippen molar-refractivity contribution in [2.45, 2.75) is 96.2 Å². The molecule has 0 aromatic carbocycles. The van der Waals surface area contributed by atoms with Gasteiger partial charge in [0.05, 0.1) is 17.8 Å². The van der Waals surface area contributed by atoms with Crippen LogP contribution >= 0.6 is 11.8 Å². The third kappa shape index (κ3) is 8.62. The maximum Gasteiger partial charge on any atom is 0.316 e. The van der Waals surface area contributed by atoms with Crippen molar-refractivity contribution in [3.8, 4) is 0 Å². The maximum atomic E-state index is 13.6. The van der Waals surface area contributed by atoms with Crippen LogP contribution in [0, 0.1) is 17.8 Å². The SMILES string of the molecule is CO[C@]1(C)C[C@@H](C)CN[C@H](CCSC)COC(=O)[C@H](C)C(=O)[C@H](C)[C@H]1O[C@@H]1OC(C)CC(N(C)C)C1O. The zero-order valence-electron chi connectivity index (χ0n) is 24.2. The van der Waals surface area contributed by atoms with Crippen LogP contribution in [0.4, 0.5) is 0 Å². The zero-order valence-corrected chi connectivity index (χ0v) is 25.0. The van der Waals surface area contributed by atoms with E-state index in [1.807, 2.05) is 32.8 Å². The molecule has 3 unspecified atom stereocenters. The van der Waals surface area contributed by atoms with Crippen LogP contribution in [0.1, 0.15) is 53.9 Å². The number of thioether (sulfide) groups is 1. The fourth-order valence-electron chi connectivity index (χ4n) is 5.51. The molecule has 0 saturated carbocycles. The van der Waals surface area contributed by atoms with Gasteiger partial charge in [0.15, 0.2) is 12.1 Å². The number of likely N-dealkylation sites (N-methyl/N-ethyl adjacent to an activating group) is 1. The van der Waals surface area contributed by atoms with E-state index >= 15 is 0 Å². The summed E-state index contributed by atoms with van der Waals surface area (Å²) in [5.41, 5.74) is -0.875. The van der Waals surface area contributed by atoms with Gasteiger partial charge in [0.2, 0.25) is 0 Å². The molecule has 2 rings (SSSR count). The Morgan fingerprint density at radius 1 is 1.22 bits per heavy atom. The Morgan fingerprint density at radius 2 is 1.89 bits per heavy atom. The number of nitrogens with one attached hydrogen (secondary N) is 1. The maximum absolute atomic E-state index is 13.6. The average molecular weight is 547 g/mol. The first kappa shape index (κ1) is 32.5. The van der Waals surface area contributed by atoms with Crippen LogP contribution in [0.25, 0.3) is 0 Å². The summed E-state index contributed by atoms with van der Waals surface area (Å²) >= 11 is 1.75. The molecule has 0 bridgehead atoms. The summed E-state index contributed by atoms with van der Waals surface area (Å²) in [5, 5.41) is 14.7. The van der Waals surface area contributed by atoms with Gasteiger partial charge < -0.3 is 34.3 Å². The van der Waals surface area contributed by atoms with Crippen molar-refractivity contribution in [1.29, 1.82) is 0 Å². The monoisotopic (exact) mass is 546 g/mol. The summed E-state index contributed by atoms with van der Waals surface area (Å²) in [6.45, 7) is 10.3. The lowest BCUT2D eigenvalue weighted by molar-refractivity contribution is -0.295. The van der Waals surface area contributed by atoms with Gasteiger partial charge in [0.25, 0.3) is 0 Å². The lowest BCUT2D eigenvalue weighted by Crippen LogP contribution is -2.59. The number of cyclic esters (lactones) is 1. The second kappa shape index (κ2) is 14.6. The molecule has 0 amide bonds. The van der Waals surface area contributed by atoms with Crippen LogP contribution in [-0.2, 0) is 28.5 Å². The third-order valence-electron chi connectivity index (χ3n) is 7.91. The summed E-state index contributed by atoms with van der Waals surface area (Å²) < 4.78 is 24.2. The van der Waals surface area contributed by atoms with Gasteiger partial charge in [-0.3, -0.25) is 9.59 Å². The Balaban J connectivity index is 2.40. The quantitative estimate of drug-likeness (QED) is 0.365. The van der Waals surface area contributed by atoms with E-state index in [-0.39, 0.29) is 36.5 Å². The highest BCUT2D eigenvalue weighted by atomic mass is 32.2. The molecule has 37 heavy (non-hydrogen) atoms. The Hall–Kier alpha value is -0.750. The number of hydrogen-bond acceptors (Lipinski definition) is 10. The summed E-state index contributed by atoms with van der Waals surface area (Å²) in [6, 6.07) is -0.144. The molecule has 0 aromatic rings. The number of carbonyl (C=O) groups excluding carboxylic acids is 2. The molecule has 2 saturated heterocycles. The van der Waals surface area contributed by atoms with Gasteiger partial charge in [0.1, 0.15) is 18.6 Å². The topological polar surface area (TPSA) is 107 Å². The Labute approximate surface area is 227 Å². The normalized spacial score (nSPS) is 41.0. The van der Waals surface area contributed by atoms with E-state index in [1.54, 1.807) is 32.7 Å². The molecule has 0 spiro atoms. The fraction of sp³-hybridized carbons (Fsp3) is 0.926. The number of ketones is 1. The fourth-order valence-corrected chi connectivity index (χ4v) is 6.03. The van der Waals surface area contributed by atoms with Crippen molar-refractivity contribution in [3.63, 3.8) is 0 Å². The number of Topliss-reactive ketones (excluding diaryl/α,β-unsaturated/α-hetero) is 1. The summed E-state index contributed by atoms with van der Waals surface area (Å²) in [4.78, 5) is 28.4. The van der Waals surface area contributed by atoms with Crippen molar-refractivity contribution in [2.24, 2.45) is 17.8 Å². The second-order valence-electron chi connectivity index (χ2n) is 11.4. The van der Waals surface area contributed by atoms with Gasteiger partial charge in [-0.1, -0.05) is 13.8 Å². The zero-order chi connectivity index (χ0) is 27.9. The lowest BCUT2D eigenvalue weighted by Gasteiger charge is -2.46. The van der Waals surface area contributed by atoms with Crippen LogP contribution in [0.3, 0.4) is 0 Å². The van der Waals surface area contributed by atoms with E-state index < -0.39 is 41.9 Å². The second-order valence-corrected chi connectivity index (χ2v) is 12.4. The van der Waals surface area contributed by atoms with Crippen molar-refractivity contribution in [3.05, 3.63) is 0 Å². The third-order valence-corrected chi connectivity index (χ3v) is 8.56. The molecule has 10 atom stereocenters.